The Kier molecular flexibility index (Phi) is 5.33. The third-order valence-electron chi connectivity index (χ3n) is 4.07. The number of benzene rings is 2. The van der Waals surface area contributed by atoms with Gasteiger partial charge in [0, 0.05) is 6.54 Å². The molecule has 1 heterocycles. The van der Waals surface area contributed by atoms with Crippen molar-refractivity contribution in [3.05, 3.63) is 65.2 Å². The number of urea groups is 1. The SMILES string of the molecule is O=C(NCCO)N[C@@H](c1ccccc1)c1ccc2c(c1)CCCO2. The number of aliphatic hydroxyl groups is 1. The van der Waals surface area contributed by atoms with E-state index in [0.717, 1.165) is 36.3 Å². The molecule has 5 nitrogen and oxygen atoms in total. The van der Waals surface area contributed by atoms with Gasteiger partial charge in [-0.05, 0) is 41.7 Å². The first kappa shape index (κ1) is 16.3. The van der Waals surface area contributed by atoms with E-state index in [1.165, 1.54) is 5.56 Å². The lowest BCUT2D eigenvalue weighted by Gasteiger charge is -2.23. The van der Waals surface area contributed by atoms with Crippen molar-refractivity contribution in [3.8, 4) is 5.75 Å². The molecule has 0 spiro atoms. The van der Waals surface area contributed by atoms with Crippen molar-refractivity contribution >= 4 is 6.03 Å². The van der Waals surface area contributed by atoms with Gasteiger partial charge in [0.05, 0.1) is 19.3 Å². The van der Waals surface area contributed by atoms with E-state index < -0.39 is 0 Å². The van der Waals surface area contributed by atoms with Gasteiger partial charge in [-0.2, -0.15) is 0 Å². The molecule has 0 saturated carbocycles. The highest BCUT2D eigenvalue weighted by Gasteiger charge is 2.19. The van der Waals surface area contributed by atoms with Gasteiger partial charge in [0.1, 0.15) is 5.75 Å². The van der Waals surface area contributed by atoms with Gasteiger partial charge < -0.3 is 20.5 Å². The fraction of sp³-hybridized carbons (Fsp3) is 0.316. The van der Waals surface area contributed by atoms with Crippen molar-refractivity contribution in [2.75, 3.05) is 19.8 Å². The van der Waals surface area contributed by atoms with E-state index in [0.29, 0.717) is 0 Å². The van der Waals surface area contributed by atoms with Crippen LogP contribution in [0.3, 0.4) is 0 Å². The molecule has 5 heteroatoms. The molecule has 1 aliphatic rings. The number of hydrogen-bond donors (Lipinski definition) is 3. The third kappa shape index (κ3) is 3.86. The molecule has 2 aromatic carbocycles. The second-order valence-electron chi connectivity index (χ2n) is 5.79. The monoisotopic (exact) mass is 326 g/mol. The molecule has 0 unspecified atom stereocenters. The molecule has 0 fully saturated rings. The molecule has 0 radical (unpaired) electrons. The summed E-state index contributed by atoms with van der Waals surface area (Å²) < 4.78 is 5.67. The molecule has 3 rings (SSSR count). The Morgan fingerprint density at radius 1 is 1.17 bits per heavy atom. The molecule has 3 N–H and O–H groups in total. The maximum atomic E-state index is 12.1. The standard InChI is InChI=1S/C19H22N2O3/c22-11-10-20-19(23)21-18(14-5-2-1-3-6-14)16-8-9-17-15(13-16)7-4-12-24-17/h1-3,5-6,8-9,13,18,22H,4,7,10-12H2,(H2,20,21,23)/t18-/m0/s1. The average molecular weight is 326 g/mol. The number of rotatable bonds is 5. The van der Waals surface area contributed by atoms with Crippen LogP contribution >= 0.6 is 0 Å². The molecule has 0 aromatic heterocycles. The van der Waals surface area contributed by atoms with Gasteiger partial charge in [-0.25, -0.2) is 4.79 Å². The summed E-state index contributed by atoms with van der Waals surface area (Å²) in [5.41, 5.74) is 3.20. The molecule has 0 saturated heterocycles. The first-order valence-electron chi connectivity index (χ1n) is 8.24. The Bertz CT molecular complexity index is 688. The van der Waals surface area contributed by atoms with E-state index in [2.05, 4.69) is 16.7 Å². The minimum absolute atomic E-state index is 0.0837. The van der Waals surface area contributed by atoms with Crippen molar-refractivity contribution in [2.24, 2.45) is 0 Å². The van der Waals surface area contributed by atoms with Crippen molar-refractivity contribution < 1.29 is 14.6 Å². The first-order valence-corrected chi connectivity index (χ1v) is 8.24. The van der Waals surface area contributed by atoms with Crippen molar-refractivity contribution in [1.82, 2.24) is 10.6 Å². The maximum Gasteiger partial charge on any atom is 0.315 e. The highest BCUT2D eigenvalue weighted by molar-refractivity contribution is 5.75. The van der Waals surface area contributed by atoms with E-state index in [9.17, 15) is 4.79 Å². The van der Waals surface area contributed by atoms with Crippen LogP contribution < -0.4 is 15.4 Å². The summed E-state index contributed by atoms with van der Waals surface area (Å²) in [7, 11) is 0. The highest BCUT2D eigenvalue weighted by Crippen LogP contribution is 2.30. The fourth-order valence-electron chi connectivity index (χ4n) is 2.92. The number of aliphatic hydroxyl groups excluding tert-OH is 1. The van der Waals surface area contributed by atoms with Crippen molar-refractivity contribution in [2.45, 2.75) is 18.9 Å². The summed E-state index contributed by atoms with van der Waals surface area (Å²) in [5, 5.41) is 14.5. The van der Waals surface area contributed by atoms with Crippen LogP contribution in [0.25, 0.3) is 0 Å². The minimum Gasteiger partial charge on any atom is -0.493 e. The van der Waals surface area contributed by atoms with Gasteiger partial charge in [-0.3, -0.25) is 0 Å². The van der Waals surface area contributed by atoms with E-state index in [1.54, 1.807) is 0 Å². The Balaban J connectivity index is 1.88. The zero-order valence-electron chi connectivity index (χ0n) is 13.5. The summed E-state index contributed by atoms with van der Waals surface area (Å²) in [6.07, 6.45) is 2.00. The molecule has 2 amide bonds. The topological polar surface area (TPSA) is 70.6 Å². The Morgan fingerprint density at radius 2 is 2.00 bits per heavy atom. The Labute approximate surface area is 141 Å². The number of hydrogen-bond acceptors (Lipinski definition) is 3. The van der Waals surface area contributed by atoms with Crippen LogP contribution in [0.2, 0.25) is 0 Å². The lowest BCUT2D eigenvalue weighted by molar-refractivity contribution is 0.232. The quantitative estimate of drug-likeness (QED) is 0.790. The Hall–Kier alpha value is -2.53. The molecule has 24 heavy (non-hydrogen) atoms. The van der Waals surface area contributed by atoms with Gasteiger partial charge in [0.15, 0.2) is 0 Å². The predicted molar refractivity (Wildman–Crippen MR) is 92.2 cm³/mol. The molecular formula is C19H22N2O3. The van der Waals surface area contributed by atoms with Gasteiger partial charge in [-0.15, -0.1) is 0 Å². The molecular weight excluding hydrogens is 304 g/mol. The number of nitrogens with one attached hydrogen (secondary N) is 2. The van der Waals surface area contributed by atoms with Crippen LogP contribution in [0, 0.1) is 0 Å². The largest absolute Gasteiger partial charge is 0.493 e. The molecule has 0 bridgehead atoms. The van der Waals surface area contributed by atoms with Gasteiger partial charge in [0.25, 0.3) is 0 Å². The molecule has 2 aromatic rings. The third-order valence-corrected chi connectivity index (χ3v) is 4.07. The zero-order valence-corrected chi connectivity index (χ0v) is 13.5. The summed E-state index contributed by atoms with van der Waals surface area (Å²) >= 11 is 0. The number of amides is 2. The van der Waals surface area contributed by atoms with Crippen LogP contribution in [-0.4, -0.2) is 30.9 Å². The second kappa shape index (κ2) is 7.84. The molecule has 1 aliphatic heterocycles. The summed E-state index contributed by atoms with van der Waals surface area (Å²) in [5.74, 6) is 0.932. The lowest BCUT2D eigenvalue weighted by atomic mass is 9.95. The van der Waals surface area contributed by atoms with E-state index in [4.69, 9.17) is 9.84 Å². The van der Waals surface area contributed by atoms with Crippen molar-refractivity contribution in [3.63, 3.8) is 0 Å². The maximum absolute atomic E-state index is 12.1. The fourth-order valence-corrected chi connectivity index (χ4v) is 2.92. The summed E-state index contributed by atoms with van der Waals surface area (Å²) in [6, 6.07) is 15.4. The molecule has 0 aliphatic carbocycles. The first-order chi connectivity index (χ1) is 11.8. The van der Waals surface area contributed by atoms with Crippen LogP contribution in [-0.2, 0) is 6.42 Å². The second-order valence-corrected chi connectivity index (χ2v) is 5.79. The zero-order chi connectivity index (χ0) is 16.8. The van der Waals surface area contributed by atoms with Gasteiger partial charge in [-0.1, -0.05) is 36.4 Å². The molecule has 1 atom stereocenters. The normalized spacial score (nSPS) is 14.2. The predicted octanol–water partition coefficient (Wildman–Crippen LogP) is 2.39. The average Bonchev–Trinajstić information content (AvgIpc) is 2.64. The highest BCUT2D eigenvalue weighted by atomic mass is 16.5. The van der Waals surface area contributed by atoms with Gasteiger partial charge in [0.2, 0.25) is 0 Å². The number of carbonyl (C=O) groups is 1. The lowest BCUT2D eigenvalue weighted by Crippen LogP contribution is -2.39. The number of ether oxygens (including phenoxy) is 1. The van der Waals surface area contributed by atoms with Crippen molar-refractivity contribution in [1.29, 1.82) is 0 Å². The number of aryl methyl sites for hydroxylation is 1. The van der Waals surface area contributed by atoms with E-state index in [1.807, 2.05) is 42.5 Å². The smallest absolute Gasteiger partial charge is 0.315 e. The van der Waals surface area contributed by atoms with Gasteiger partial charge >= 0.3 is 6.03 Å². The van der Waals surface area contributed by atoms with Crippen LogP contribution in [0.15, 0.2) is 48.5 Å². The summed E-state index contributed by atoms with van der Waals surface area (Å²) in [4.78, 5) is 12.1. The number of carbonyl (C=O) groups excluding carboxylic acids is 1. The molecule has 126 valence electrons. The van der Waals surface area contributed by atoms with E-state index >= 15 is 0 Å². The summed E-state index contributed by atoms with van der Waals surface area (Å²) in [6.45, 7) is 0.904. The Morgan fingerprint density at radius 3 is 2.79 bits per heavy atom. The van der Waals surface area contributed by atoms with Crippen LogP contribution in [0.4, 0.5) is 4.79 Å². The number of fused-ring (bicyclic) bond motifs is 1. The van der Waals surface area contributed by atoms with Crippen LogP contribution in [0.5, 0.6) is 5.75 Å². The minimum atomic E-state index is -0.299. The van der Waals surface area contributed by atoms with Crippen LogP contribution in [0.1, 0.15) is 29.2 Å². The van der Waals surface area contributed by atoms with E-state index in [-0.39, 0.29) is 25.2 Å².